The van der Waals surface area contributed by atoms with Gasteiger partial charge in [-0.1, -0.05) is 30.7 Å². The van der Waals surface area contributed by atoms with Crippen molar-refractivity contribution < 1.29 is 0 Å². The Balaban J connectivity index is 1.79. The molecule has 3 aliphatic rings. The summed E-state index contributed by atoms with van der Waals surface area (Å²) in [4.78, 5) is 2.72. The van der Waals surface area contributed by atoms with Gasteiger partial charge in [-0.05, 0) is 35.8 Å². The Morgan fingerprint density at radius 2 is 2.07 bits per heavy atom. The van der Waals surface area contributed by atoms with Crippen LogP contribution >= 0.6 is 0 Å². The maximum Gasteiger partial charge on any atom is 0.0386 e. The first-order valence-corrected chi connectivity index (χ1v) is 6.25. The molecule has 0 amide bonds. The average molecular weight is 199 g/mol. The summed E-state index contributed by atoms with van der Waals surface area (Å²) < 4.78 is 0. The SMILES string of the molecule is c1ccc2c(c1)CN1C[C@@H]3CCC[C@@H]3[C@@H]21. The highest BCUT2D eigenvalue weighted by molar-refractivity contribution is 5.36. The van der Waals surface area contributed by atoms with Crippen LogP contribution in [0.2, 0.25) is 0 Å². The van der Waals surface area contributed by atoms with Crippen LogP contribution in [0.25, 0.3) is 0 Å². The van der Waals surface area contributed by atoms with Crippen LogP contribution in [-0.2, 0) is 6.54 Å². The molecule has 0 radical (unpaired) electrons. The molecule has 1 aromatic carbocycles. The first kappa shape index (κ1) is 8.35. The zero-order valence-corrected chi connectivity index (χ0v) is 9.02. The summed E-state index contributed by atoms with van der Waals surface area (Å²) in [5.41, 5.74) is 3.24. The van der Waals surface area contributed by atoms with Crippen molar-refractivity contribution in [1.82, 2.24) is 4.90 Å². The van der Waals surface area contributed by atoms with E-state index in [1.807, 2.05) is 0 Å². The van der Waals surface area contributed by atoms with E-state index in [0.29, 0.717) is 0 Å². The number of rotatable bonds is 0. The molecule has 2 fully saturated rings. The van der Waals surface area contributed by atoms with E-state index in [2.05, 4.69) is 29.2 Å². The Labute approximate surface area is 91.1 Å². The molecule has 1 nitrogen and oxygen atoms in total. The maximum absolute atomic E-state index is 2.72. The fraction of sp³-hybridized carbons (Fsp3) is 0.571. The minimum Gasteiger partial charge on any atom is -0.291 e. The smallest absolute Gasteiger partial charge is 0.0386 e. The summed E-state index contributed by atoms with van der Waals surface area (Å²) in [6, 6.07) is 9.87. The van der Waals surface area contributed by atoms with Gasteiger partial charge in [0.05, 0.1) is 0 Å². The van der Waals surface area contributed by atoms with E-state index in [4.69, 9.17) is 0 Å². The third kappa shape index (κ3) is 1.02. The van der Waals surface area contributed by atoms with E-state index in [1.54, 1.807) is 11.1 Å². The van der Waals surface area contributed by atoms with Gasteiger partial charge < -0.3 is 0 Å². The molecular weight excluding hydrogens is 182 g/mol. The third-order valence-corrected chi connectivity index (χ3v) is 4.73. The van der Waals surface area contributed by atoms with Gasteiger partial charge in [-0.15, -0.1) is 0 Å². The van der Waals surface area contributed by atoms with Gasteiger partial charge in [0, 0.05) is 19.1 Å². The minimum absolute atomic E-state index is 0.786. The van der Waals surface area contributed by atoms with E-state index in [9.17, 15) is 0 Å². The number of benzene rings is 1. The second-order valence-electron chi connectivity index (χ2n) is 5.43. The quantitative estimate of drug-likeness (QED) is 0.621. The van der Waals surface area contributed by atoms with Crippen molar-refractivity contribution in [1.29, 1.82) is 0 Å². The van der Waals surface area contributed by atoms with E-state index in [-0.39, 0.29) is 0 Å². The normalized spacial score (nSPS) is 37.7. The maximum atomic E-state index is 2.72. The van der Waals surface area contributed by atoms with Crippen LogP contribution in [0.3, 0.4) is 0 Å². The van der Waals surface area contributed by atoms with Crippen LogP contribution < -0.4 is 0 Å². The summed E-state index contributed by atoms with van der Waals surface area (Å²) in [5.74, 6) is 2.00. The molecule has 0 aromatic heterocycles. The molecule has 1 saturated carbocycles. The first-order valence-electron chi connectivity index (χ1n) is 6.25. The van der Waals surface area contributed by atoms with Gasteiger partial charge in [-0.2, -0.15) is 0 Å². The average Bonchev–Trinajstić information content (AvgIpc) is 2.85. The van der Waals surface area contributed by atoms with Gasteiger partial charge in [0.2, 0.25) is 0 Å². The molecule has 1 aliphatic carbocycles. The Morgan fingerprint density at radius 3 is 3.07 bits per heavy atom. The highest BCUT2D eigenvalue weighted by atomic mass is 15.2. The Hall–Kier alpha value is -0.820. The van der Waals surface area contributed by atoms with E-state index >= 15 is 0 Å². The van der Waals surface area contributed by atoms with Crippen molar-refractivity contribution in [3.05, 3.63) is 35.4 Å². The number of hydrogen-bond donors (Lipinski definition) is 0. The van der Waals surface area contributed by atoms with Crippen LogP contribution in [0.4, 0.5) is 0 Å². The van der Waals surface area contributed by atoms with Crippen LogP contribution in [0, 0.1) is 11.8 Å². The molecule has 15 heavy (non-hydrogen) atoms. The highest BCUT2D eigenvalue weighted by Gasteiger charge is 2.47. The summed E-state index contributed by atoms with van der Waals surface area (Å²) >= 11 is 0. The molecule has 3 atom stereocenters. The second kappa shape index (κ2) is 2.85. The Morgan fingerprint density at radius 1 is 1.13 bits per heavy atom. The van der Waals surface area contributed by atoms with Crippen molar-refractivity contribution >= 4 is 0 Å². The summed E-state index contributed by atoms with van der Waals surface area (Å²) in [5, 5.41) is 0. The summed E-state index contributed by atoms with van der Waals surface area (Å²) in [6.07, 6.45) is 4.43. The Bertz CT molecular complexity index is 398. The van der Waals surface area contributed by atoms with Crippen molar-refractivity contribution in [2.45, 2.75) is 31.8 Å². The lowest BCUT2D eigenvalue weighted by Crippen LogP contribution is -2.17. The van der Waals surface area contributed by atoms with Crippen LogP contribution in [0.1, 0.15) is 36.4 Å². The summed E-state index contributed by atoms with van der Waals surface area (Å²) in [7, 11) is 0. The Kier molecular flexibility index (Phi) is 1.59. The van der Waals surface area contributed by atoms with Crippen molar-refractivity contribution in [3.63, 3.8) is 0 Å². The molecule has 1 heteroatoms. The van der Waals surface area contributed by atoms with Gasteiger partial charge in [0.25, 0.3) is 0 Å². The highest BCUT2D eigenvalue weighted by Crippen LogP contribution is 2.53. The van der Waals surface area contributed by atoms with Crippen molar-refractivity contribution in [3.8, 4) is 0 Å². The number of fused-ring (bicyclic) bond motifs is 5. The fourth-order valence-corrected chi connectivity index (χ4v) is 4.17. The van der Waals surface area contributed by atoms with Crippen molar-refractivity contribution in [2.24, 2.45) is 11.8 Å². The monoisotopic (exact) mass is 199 g/mol. The molecule has 78 valence electrons. The van der Waals surface area contributed by atoms with Gasteiger partial charge in [-0.25, -0.2) is 0 Å². The largest absolute Gasteiger partial charge is 0.291 e. The first-order chi connectivity index (χ1) is 7.43. The predicted molar refractivity (Wildman–Crippen MR) is 60.4 cm³/mol. The van der Waals surface area contributed by atoms with Crippen LogP contribution in [-0.4, -0.2) is 11.4 Å². The van der Waals surface area contributed by atoms with Gasteiger partial charge >= 0.3 is 0 Å². The number of hydrogen-bond acceptors (Lipinski definition) is 1. The van der Waals surface area contributed by atoms with E-state index in [0.717, 1.165) is 17.9 Å². The lowest BCUT2D eigenvalue weighted by atomic mass is 9.89. The zero-order chi connectivity index (χ0) is 9.83. The van der Waals surface area contributed by atoms with Crippen molar-refractivity contribution in [2.75, 3.05) is 6.54 Å². The molecule has 1 aromatic rings. The van der Waals surface area contributed by atoms with E-state index < -0.39 is 0 Å². The molecule has 0 unspecified atom stereocenters. The van der Waals surface area contributed by atoms with Gasteiger partial charge in [0.15, 0.2) is 0 Å². The topological polar surface area (TPSA) is 3.24 Å². The molecule has 4 rings (SSSR count). The standard InChI is InChI=1S/C14H17N/c1-2-6-12-10(4-1)8-15-9-11-5-3-7-13(11)14(12)15/h1-2,4,6,11,13-14H,3,5,7-9H2/t11-,13-,14+/m0/s1. The minimum atomic E-state index is 0.786. The van der Waals surface area contributed by atoms with Gasteiger partial charge in [0.1, 0.15) is 0 Å². The summed E-state index contributed by atoms with van der Waals surface area (Å²) in [6.45, 7) is 2.58. The van der Waals surface area contributed by atoms with Crippen LogP contribution in [0.5, 0.6) is 0 Å². The van der Waals surface area contributed by atoms with Crippen LogP contribution in [0.15, 0.2) is 24.3 Å². The third-order valence-electron chi connectivity index (χ3n) is 4.73. The molecule has 1 saturated heterocycles. The lowest BCUT2D eigenvalue weighted by molar-refractivity contribution is 0.245. The molecule has 0 N–H and O–H groups in total. The fourth-order valence-electron chi connectivity index (χ4n) is 4.17. The zero-order valence-electron chi connectivity index (χ0n) is 9.02. The molecular formula is C14H17N. The predicted octanol–water partition coefficient (Wildman–Crippen LogP) is 2.97. The molecule has 2 aliphatic heterocycles. The molecule has 0 spiro atoms. The second-order valence-corrected chi connectivity index (χ2v) is 5.43. The van der Waals surface area contributed by atoms with Gasteiger partial charge in [-0.3, -0.25) is 4.90 Å². The lowest BCUT2D eigenvalue weighted by Gasteiger charge is -2.19. The molecule has 2 heterocycles. The van der Waals surface area contributed by atoms with E-state index in [1.165, 1.54) is 32.4 Å². The number of nitrogens with zero attached hydrogens (tertiary/aromatic N) is 1. The molecule has 0 bridgehead atoms.